The summed E-state index contributed by atoms with van der Waals surface area (Å²) in [5.41, 5.74) is 1.08. The molecule has 0 saturated heterocycles. The van der Waals surface area contributed by atoms with Gasteiger partial charge in [-0.1, -0.05) is 0 Å². The van der Waals surface area contributed by atoms with Gasteiger partial charge in [0.05, 0.1) is 0 Å². The summed E-state index contributed by atoms with van der Waals surface area (Å²) in [5.74, 6) is 0. The molecule has 0 aliphatic heterocycles. The molecule has 1 aromatic heterocycles. The monoisotopic (exact) mass is 336 g/mol. The predicted molar refractivity (Wildman–Crippen MR) is 77.7 cm³/mol. The number of rotatable bonds is 2. The number of hydrogen-bond donors (Lipinski definition) is 0. The van der Waals surface area contributed by atoms with Crippen LogP contribution >= 0.6 is 12.2 Å². The molecule has 0 bridgehead atoms. The number of nitro benzene ring substituents is 1. The zero-order valence-electron chi connectivity index (χ0n) is 9.65. The van der Waals surface area contributed by atoms with Gasteiger partial charge in [-0.25, -0.2) is 0 Å². The molecular weight excluding hydrogens is 327 g/mol. The summed E-state index contributed by atoms with van der Waals surface area (Å²) in [6.45, 7) is 0. The number of aromatic nitrogens is 1. The van der Waals surface area contributed by atoms with E-state index in [4.69, 9.17) is 12.2 Å². The van der Waals surface area contributed by atoms with Crippen molar-refractivity contribution < 1.29 is 4.92 Å². The molecule has 0 atom stereocenters. The van der Waals surface area contributed by atoms with E-state index in [0.717, 1.165) is 9.95 Å². The van der Waals surface area contributed by atoms with Crippen molar-refractivity contribution in [3.05, 3.63) is 63.3 Å². The van der Waals surface area contributed by atoms with Crippen molar-refractivity contribution in [1.82, 2.24) is 3.56 Å². The van der Waals surface area contributed by atoms with Crippen LogP contribution in [0.2, 0.25) is 0 Å². The second-order valence-corrected chi connectivity index (χ2v) is 6.39. The van der Waals surface area contributed by atoms with Gasteiger partial charge in [-0.3, -0.25) is 0 Å². The molecule has 4 nitrogen and oxygen atoms in total. The second-order valence-electron chi connectivity index (χ2n) is 3.93. The Morgan fingerprint density at radius 3 is 2.53 bits per heavy atom. The van der Waals surface area contributed by atoms with Crippen LogP contribution < -0.4 is 0 Å². The first-order chi connectivity index (χ1) is 9.18. The van der Waals surface area contributed by atoms with E-state index in [-0.39, 0.29) is 25.3 Å². The summed E-state index contributed by atoms with van der Waals surface area (Å²) in [5, 5.41) is 11.7. The molecule has 0 aliphatic carbocycles. The van der Waals surface area contributed by atoms with Crippen LogP contribution in [0.15, 0.2) is 48.5 Å². The Kier molecular flexibility index (Phi) is 3.06. The summed E-state index contributed by atoms with van der Waals surface area (Å²) in [7, 11) is 0. The van der Waals surface area contributed by atoms with Crippen molar-refractivity contribution in [2.24, 2.45) is 0 Å². The number of nitrogens with zero attached hydrogens (tertiary/aromatic N) is 2. The first-order valence-electron chi connectivity index (χ1n) is 5.53. The van der Waals surface area contributed by atoms with Crippen LogP contribution in [-0.4, -0.2) is 23.2 Å². The van der Waals surface area contributed by atoms with Crippen LogP contribution in [-0.2, 0) is 0 Å². The predicted octanol–water partition coefficient (Wildman–Crippen LogP) is 3.33. The second kappa shape index (κ2) is 4.74. The fourth-order valence-corrected chi connectivity index (χ4v) is 4.76. The Balaban J connectivity index is 2.37. The van der Waals surface area contributed by atoms with Gasteiger partial charge in [0, 0.05) is 0 Å². The molecule has 3 aromatic rings. The van der Waals surface area contributed by atoms with Gasteiger partial charge in [0.1, 0.15) is 0 Å². The van der Waals surface area contributed by atoms with Crippen LogP contribution in [0.1, 0.15) is 0 Å². The van der Waals surface area contributed by atoms with Crippen molar-refractivity contribution in [1.29, 1.82) is 0 Å². The quantitative estimate of drug-likeness (QED) is 0.312. The number of nitro groups is 1. The topological polar surface area (TPSA) is 48.1 Å². The van der Waals surface area contributed by atoms with Crippen LogP contribution in [0.3, 0.4) is 0 Å². The van der Waals surface area contributed by atoms with Gasteiger partial charge in [-0.15, -0.1) is 0 Å². The van der Waals surface area contributed by atoms with Crippen molar-refractivity contribution in [3.63, 3.8) is 0 Å². The zero-order chi connectivity index (χ0) is 13.4. The van der Waals surface area contributed by atoms with Crippen LogP contribution in [0.4, 0.5) is 5.69 Å². The fourth-order valence-electron chi connectivity index (χ4n) is 1.94. The Labute approximate surface area is 120 Å². The molecule has 0 saturated carbocycles. The molecule has 3 rings (SSSR count). The fraction of sp³-hybridized carbons (Fsp3) is 0. The normalized spacial score (nSPS) is 10.7. The average molecular weight is 335 g/mol. The van der Waals surface area contributed by atoms with E-state index in [1.165, 1.54) is 6.07 Å². The maximum absolute atomic E-state index is 11.1. The Morgan fingerprint density at radius 2 is 1.84 bits per heavy atom. The molecule has 0 unspecified atom stereocenters. The van der Waals surface area contributed by atoms with Gasteiger partial charge in [0.15, 0.2) is 0 Å². The summed E-state index contributed by atoms with van der Waals surface area (Å²) < 4.78 is 3.50. The SMILES string of the molecule is O=[N+]([O-])c1cccc2[se]n(-c3ccccc3)c(=S)c12. The minimum atomic E-state index is -0.365. The minimum absolute atomic E-state index is 0.0419. The van der Waals surface area contributed by atoms with Gasteiger partial charge < -0.3 is 0 Å². The summed E-state index contributed by atoms with van der Waals surface area (Å²) >= 11 is 5.38. The molecule has 94 valence electrons. The van der Waals surface area contributed by atoms with Gasteiger partial charge in [-0.2, -0.15) is 0 Å². The molecule has 19 heavy (non-hydrogen) atoms. The van der Waals surface area contributed by atoms with Crippen LogP contribution in [0, 0.1) is 14.8 Å². The van der Waals surface area contributed by atoms with E-state index in [0.29, 0.717) is 10.0 Å². The molecule has 0 N–H and O–H groups in total. The average Bonchev–Trinajstić information content (AvgIpc) is 2.77. The van der Waals surface area contributed by atoms with E-state index in [1.807, 2.05) is 40.0 Å². The van der Waals surface area contributed by atoms with Gasteiger partial charge in [0.25, 0.3) is 0 Å². The summed E-state index contributed by atoms with van der Waals surface area (Å²) in [6.07, 6.45) is 0. The first kappa shape index (κ1) is 12.3. The zero-order valence-corrected chi connectivity index (χ0v) is 12.2. The summed E-state index contributed by atoms with van der Waals surface area (Å²) in [6, 6.07) is 14.9. The number of hydrogen-bond acceptors (Lipinski definition) is 3. The molecular formula is C13H8N2O2SSe. The first-order valence-corrected chi connectivity index (χ1v) is 7.56. The Bertz CT molecular complexity index is 824. The molecule has 0 radical (unpaired) electrons. The van der Waals surface area contributed by atoms with Crippen molar-refractivity contribution in [2.75, 3.05) is 0 Å². The van der Waals surface area contributed by atoms with Crippen molar-refractivity contribution >= 4 is 42.3 Å². The van der Waals surface area contributed by atoms with Gasteiger partial charge in [-0.05, 0) is 0 Å². The standard InChI is InChI=1S/C13H8N2O2SSe/c16-15(17)10-7-4-8-11-12(10)13(18)14(19-11)9-5-2-1-3-6-9/h1-8H. The van der Waals surface area contributed by atoms with Gasteiger partial charge in [0.2, 0.25) is 0 Å². The molecule has 0 amide bonds. The van der Waals surface area contributed by atoms with E-state index in [9.17, 15) is 10.1 Å². The van der Waals surface area contributed by atoms with Crippen LogP contribution in [0.25, 0.3) is 15.3 Å². The number of benzene rings is 2. The molecule has 1 heterocycles. The maximum atomic E-state index is 11.1. The number of para-hydroxylation sites is 1. The molecule has 0 spiro atoms. The summed E-state index contributed by atoms with van der Waals surface area (Å²) in [4.78, 5) is 10.7. The third-order valence-corrected chi connectivity index (χ3v) is 5.76. The number of non-ortho nitro benzene ring substituents is 1. The third kappa shape index (κ3) is 2.04. The van der Waals surface area contributed by atoms with E-state index < -0.39 is 0 Å². The molecule has 0 fully saturated rings. The van der Waals surface area contributed by atoms with E-state index >= 15 is 0 Å². The third-order valence-electron chi connectivity index (χ3n) is 2.78. The van der Waals surface area contributed by atoms with E-state index in [2.05, 4.69) is 0 Å². The van der Waals surface area contributed by atoms with Gasteiger partial charge >= 0.3 is 120 Å². The molecule has 2 aromatic carbocycles. The Morgan fingerprint density at radius 1 is 1.11 bits per heavy atom. The van der Waals surface area contributed by atoms with Crippen LogP contribution in [0.5, 0.6) is 0 Å². The van der Waals surface area contributed by atoms with E-state index in [1.54, 1.807) is 6.07 Å². The van der Waals surface area contributed by atoms with Crippen molar-refractivity contribution in [3.8, 4) is 5.69 Å². The Hall–Kier alpha value is -1.75. The molecule has 0 aliphatic rings. The van der Waals surface area contributed by atoms with Crippen molar-refractivity contribution in [2.45, 2.75) is 0 Å². The molecule has 6 heteroatoms. The number of fused-ring (bicyclic) bond motifs is 1.